The van der Waals surface area contributed by atoms with E-state index in [4.69, 9.17) is 0 Å². The van der Waals surface area contributed by atoms with Gasteiger partial charge in [-0.25, -0.2) is 0 Å². The summed E-state index contributed by atoms with van der Waals surface area (Å²) in [5, 5.41) is 19.3. The molecule has 0 atom stereocenters. The Labute approximate surface area is 157 Å². The number of hydrogen-bond acceptors (Lipinski definition) is 6. The van der Waals surface area contributed by atoms with Crippen molar-refractivity contribution in [3.8, 4) is 10.6 Å². The van der Waals surface area contributed by atoms with Gasteiger partial charge in [0.1, 0.15) is 5.01 Å². The molecule has 3 heterocycles. The maximum Gasteiger partial charge on any atom is 0.277 e. The molecule has 2 N–H and O–H groups in total. The number of anilines is 1. The fraction of sp³-hybridized carbons (Fsp3) is 0.111. The molecule has 8 heteroatoms. The molecular weight excluding hydrogens is 366 g/mol. The van der Waals surface area contributed by atoms with E-state index in [1.54, 1.807) is 17.4 Å². The SMILES string of the molecule is Cc1ccc(-c2cc(C(=O)Nc3nnc(Cc4ccccc4)s3)n[nH]2)s1. The number of nitrogens with one attached hydrogen (secondary N) is 2. The Kier molecular flexibility index (Phi) is 4.59. The van der Waals surface area contributed by atoms with Crippen molar-refractivity contribution in [2.24, 2.45) is 0 Å². The van der Waals surface area contributed by atoms with Gasteiger partial charge in [0.25, 0.3) is 5.91 Å². The van der Waals surface area contributed by atoms with Crippen LogP contribution in [0.3, 0.4) is 0 Å². The van der Waals surface area contributed by atoms with Crippen LogP contribution in [0.1, 0.15) is 25.9 Å². The van der Waals surface area contributed by atoms with E-state index >= 15 is 0 Å². The first kappa shape index (κ1) is 16.6. The number of carbonyl (C=O) groups is 1. The highest BCUT2D eigenvalue weighted by Crippen LogP contribution is 2.26. The number of aromatic nitrogens is 4. The number of benzene rings is 1. The second kappa shape index (κ2) is 7.19. The molecule has 3 aromatic heterocycles. The largest absolute Gasteiger partial charge is 0.295 e. The van der Waals surface area contributed by atoms with Crippen molar-refractivity contribution in [1.29, 1.82) is 0 Å². The lowest BCUT2D eigenvalue weighted by Gasteiger charge is -1.96. The fourth-order valence-electron chi connectivity index (χ4n) is 2.45. The molecule has 4 aromatic rings. The summed E-state index contributed by atoms with van der Waals surface area (Å²) >= 11 is 3.02. The molecule has 1 amide bonds. The predicted molar refractivity (Wildman–Crippen MR) is 104 cm³/mol. The van der Waals surface area contributed by atoms with Crippen LogP contribution in [0.2, 0.25) is 0 Å². The molecule has 0 unspecified atom stereocenters. The van der Waals surface area contributed by atoms with Crippen LogP contribution < -0.4 is 5.32 Å². The number of rotatable bonds is 5. The van der Waals surface area contributed by atoms with E-state index in [2.05, 4.69) is 25.7 Å². The zero-order valence-corrected chi connectivity index (χ0v) is 15.5. The lowest BCUT2D eigenvalue weighted by atomic mass is 10.2. The van der Waals surface area contributed by atoms with Crippen molar-refractivity contribution in [1.82, 2.24) is 20.4 Å². The molecule has 6 nitrogen and oxygen atoms in total. The first-order valence-electron chi connectivity index (χ1n) is 7.97. The zero-order valence-electron chi connectivity index (χ0n) is 13.9. The van der Waals surface area contributed by atoms with Crippen LogP contribution in [-0.2, 0) is 6.42 Å². The molecule has 1 aromatic carbocycles. The maximum absolute atomic E-state index is 12.4. The summed E-state index contributed by atoms with van der Waals surface area (Å²) < 4.78 is 0. The Hall–Kier alpha value is -2.84. The standard InChI is InChI=1S/C18H15N5OS2/c1-11-7-8-15(25-11)13-10-14(21-20-13)17(24)19-18-23-22-16(26-18)9-12-5-3-2-4-6-12/h2-8,10H,9H2,1H3,(H,20,21)(H,19,23,24). The minimum atomic E-state index is -0.303. The zero-order chi connectivity index (χ0) is 17.9. The van der Waals surface area contributed by atoms with Crippen LogP contribution in [0.5, 0.6) is 0 Å². The van der Waals surface area contributed by atoms with E-state index in [-0.39, 0.29) is 5.91 Å². The summed E-state index contributed by atoms with van der Waals surface area (Å²) in [6, 6.07) is 15.8. The van der Waals surface area contributed by atoms with E-state index < -0.39 is 0 Å². The topological polar surface area (TPSA) is 83.6 Å². The highest BCUT2D eigenvalue weighted by Gasteiger charge is 2.15. The van der Waals surface area contributed by atoms with Crippen LogP contribution in [0.25, 0.3) is 10.6 Å². The van der Waals surface area contributed by atoms with Gasteiger partial charge < -0.3 is 0 Å². The summed E-state index contributed by atoms with van der Waals surface area (Å²) in [7, 11) is 0. The number of amides is 1. The van der Waals surface area contributed by atoms with Crippen LogP contribution in [0, 0.1) is 6.92 Å². The Morgan fingerprint density at radius 1 is 1.12 bits per heavy atom. The van der Waals surface area contributed by atoms with Gasteiger partial charge in [0, 0.05) is 11.3 Å². The molecule has 0 aliphatic heterocycles. The average molecular weight is 381 g/mol. The number of H-pyrrole nitrogens is 1. The second-order valence-corrected chi connectivity index (χ2v) is 8.04. The average Bonchev–Trinajstić information content (AvgIpc) is 3.37. The van der Waals surface area contributed by atoms with Crippen molar-refractivity contribution < 1.29 is 4.79 Å². The lowest BCUT2D eigenvalue weighted by molar-refractivity contribution is 0.102. The van der Waals surface area contributed by atoms with Gasteiger partial charge in [0.2, 0.25) is 5.13 Å². The third-order valence-corrected chi connectivity index (χ3v) is 5.57. The molecule has 0 saturated heterocycles. The predicted octanol–water partition coefficient (Wildman–Crippen LogP) is 4.14. The number of hydrogen-bond donors (Lipinski definition) is 2. The normalized spacial score (nSPS) is 10.8. The first-order valence-corrected chi connectivity index (χ1v) is 9.60. The number of nitrogens with zero attached hydrogens (tertiary/aromatic N) is 3. The van der Waals surface area contributed by atoms with Gasteiger partial charge in [-0.2, -0.15) is 5.10 Å². The van der Waals surface area contributed by atoms with E-state index in [0.717, 1.165) is 21.1 Å². The van der Waals surface area contributed by atoms with Crippen molar-refractivity contribution in [3.05, 3.63) is 69.7 Å². The van der Waals surface area contributed by atoms with Crippen LogP contribution in [0.15, 0.2) is 48.5 Å². The molecule has 0 aliphatic carbocycles. The highest BCUT2D eigenvalue weighted by molar-refractivity contribution is 7.15. The number of aromatic amines is 1. The molecule has 0 radical (unpaired) electrons. The molecule has 4 rings (SSSR count). The van der Waals surface area contributed by atoms with Crippen LogP contribution in [0.4, 0.5) is 5.13 Å². The van der Waals surface area contributed by atoms with E-state index in [1.807, 2.05) is 49.4 Å². The van der Waals surface area contributed by atoms with E-state index in [9.17, 15) is 4.79 Å². The molecule has 0 bridgehead atoms. The Balaban J connectivity index is 1.43. The summed E-state index contributed by atoms with van der Waals surface area (Å²) in [6.07, 6.45) is 0.693. The van der Waals surface area contributed by atoms with Crippen molar-refractivity contribution in [3.63, 3.8) is 0 Å². The summed E-state index contributed by atoms with van der Waals surface area (Å²) in [5.74, 6) is -0.303. The van der Waals surface area contributed by atoms with Gasteiger partial charge in [0.05, 0.1) is 10.6 Å². The molecule has 130 valence electrons. The van der Waals surface area contributed by atoms with Crippen LogP contribution >= 0.6 is 22.7 Å². The molecule has 0 aliphatic rings. The lowest BCUT2D eigenvalue weighted by Crippen LogP contribution is -2.12. The third kappa shape index (κ3) is 3.71. The molecule has 0 spiro atoms. The molecule has 0 saturated carbocycles. The monoisotopic (exact) mass is 381 g/mol. The highest BCUT2D eigenvalue weighted by atomic mass is 32.1. The summed E-state index contributed by atoms with van der Waals surface area (Å²) in [4.78, 5) is 14.6. The van der Waals surface area contributed by atoms with Crippen molar-refractivity contribution in [2.75, 3.05) is 5.32 Å². The van der Waals surface area contributed by atoms with Gasteiger partial charge in [-0.3, -0.25) is 15.2 Å². The molecule has 26 heavy (non-hydrogen) atoms. The van der Waals surface area contributed by atoms with Gasteiger partial charge in [-0.1, -0.05) is 41.7 Å². The minimum absolute atomic E-state index is 0.303. The quantitative estimate of drug-likeness (QED) is 0.544. The van der Waals surface area contributed by atoms with Crippen molar-refractivity contribution in [2.45, 2.75) is 13.3 Å². The number of carbonyl (C=O) groups excluding carboxylic acids is 1. The maximum atomic E-state index is 12.4. The number of thiophene rings is 1. The minimum Gasteiger partial charge on any atom is -0.295 e. The van der Waals surface area contributed by atoms with Gasteiger partial charge >= 0.3 is 0 Å². The van der Waals surface area contributed by atoms with Gasteiger partial charge in [-0.05, 0) is 30.7 Å². The third-order valence-electron chi connectivity index (χ3n) is 3.70. The number of aryl methyl sites for hydroxylation is 1. The molecule has 0 fully saturated rings. The smallest absolute Gasteiger partial charge is 0.277 e. The Bertz CT molecular complexity index is 1030. The van der Waals surface area contributed by atoms with Crippen LogP contribution in [-0.4, -0.2) is 26.3 Å². The Morgan fingerprint density at radius 3 is 2.73 bits per heavy atom. The fourth-order valence-corrected chi connectivity index (χ4v) is 4.05. The molecular formula is C18H15N5OS2. The first-order chi connectivity index (χ1) is 12.7. The summed E-state index contributed by atoms with van der Waals surface area (Å²) in [5.41, 5.74) is 2.31. The van der Waals surface area contributed by atoms with E-state index in [0.29, 0.717) is 17.2 Å². The Morgan fingerprint density at radius 2 is 1.96 bits per heavy atom. The second-order valence-electron chi connectivity index (χ2n) is 5.69. The van der Waals surface area contributed by atoms with Gasteiger partial charge in [-0.15, -0.1) is 21.5 Å². The summed E-state index contributed by atoms with van der Waals surface area (Å²) in [6.45, 7) is 2.04. The van der Waals surface area contributed by atoms with Crippen molar-refractivity contribution >= 4 is 33.7 Å². The van der Waals surface area contributed by atoms with E-state index in [1.165, 1.54) is 16.2 Å². The van der Waals surface area contributed by atoms with Gasteiger partial charge in [0.15, 0.2) is 5.69 Å².